The van der Waals surface area contributed by atoms with Crippen LogP contribution in [0.3, 0.4) is 0 Å². The monoisotopic (exact) mass is 501 g/mol. The Labute approximate surface area is 218 Å². The second-order valence-electron chi connectivity index (χ2n) is 9.37. The molecule has 0 radical (unpaired) electrons. The van der Waals surface area contributed by atoms with Gasteiger partial charge in [0, 0.05) is 36.9 Å². The Morgan fingerprint density at radius 1 is 1.30 bits per heavy atom. The molecule has 1 fully saturated rings. The van der Waals surface area contributed by atoms with Gasteiger partial charge >= 0.3 is 0 Å². The number of carbonyl (C=O) groups excluding carboxylic acids is 1. The topological polar surface area (TPSA) is 104 Å². The van der Waals surface area contributed by atoms with Gasteiger partial charge in [-0.05, 0) is 68.8 Å². The molecule has 0 aliphatic carbocycles. The zero-order valence-electron chi connectivity index (χ0n) is 21.8. The number of piperidine rings is 1. The maximum Gasteiger partial charge on any atom is 0.227 e. The zero-order chi connectivity index (χ0) is 26.2. The molecule has 3 aromatic rings. The highest BCUT2D eigenvalue weighted by Crippen LogP contribution is 2.27. The lowest BCUT2D eigenvalue weighted by Gasteiger charge is -2.28. The van der Waals surface area contributed by atoms with Gasteiger partial charge in [-0.3, -0.25) is 4.79 Å². The molecule has 0 spiro atoms. The van der Waals surface area contributed by atoms with E-state index in [1.54, 1.807) is 13.3 Å². The van der Waals surface area contributed by atoms with Gasteiger partial charge in [-0.15, -0.1) is 0 Å². The summed E-state index contributed by atoms with van der Waals surface area (Å²) in [7, 11) is 3.79. The van der Waals surface area contributed by atoms with Crippen LogP contribution >= 0.6 is 0 Å². The Morgan fingerprint density at radius 3 is 2.97 bits per heavy atom. The first-order valence-electron chi connectivity index (χ1n) is 12.5. The number of benzene rings is 2. The fraction of sp³-hybridized carbons (Fsp3) is 0.357. The number of hydrogen-bond donors (Lipinski definition) is 3. The summed E-state index contributed by atoms with van der Waals surface area (Å²) in [6, 6.07) is 11.8. The normalized spacial score (nSPS) is 16.0. The fourth-order valence-electron chi connectivity index (χ4n) is 4.37. The van der Waals surface area contributed by atoms with E-state index in [1.807, 2.05) is 43.5 Å². The van der Waals surface area contributed by atoms with Gasteiger partial charge in [0.15, 0.2) is 0 Å². The van der Waals surface area contributed by atoms with Crippen molar-refractivity contribution in [3.8, 4) is 5.75 Å². The fourth-order valence-corrected chi connectivity index (χ4v) is 4.37. The standard InChI is InChI=1S/C28H35N7O2/c1-19-7-8-26-23(12-19)17-31-28(34-26)33-24-13-22(20(2)16-32-29-3)14-25(15-24)37-11-9-30-27(36)21-6-5-10-35(4)18-21/h7-8,12-17,21,29H,2,5-6,9-11,18H2,1,3-4H3,(H,30,36)(H,31,33,34)/b32-16-. The van der Waals surface area contributed by atoms with Crippen LogP contribution in [0.4, 0.5) is 11.6 Å². The number of nitrogens with zero attached hydrogens (tertiary/aromatic N) is 4. The van der Waals surface area contributed by atoms with E-state index in [4.69, 9.17) is 4.74 Å². The minimum atomic E-state index is 0.0403. The highest BCUT2D eigenvalue weighted by molar-refractivity contribution is 6.09. The van der Waals surface area contributed by atoms with Gasteiger partial charge in [-0.25, -0.2) is 9.97 Å². The largest absolute Gasteiger partial charge is 0.492 e. The van der Waals surface area contributed by atoms with Gasteiger partial charge < -0.3 is 25.7 Å². The third kappa shape index (κ3) is 7.27. The van der Waals surface area contributed by atoms with Crippen molar-refractivity contribution in [1.29, 1.82) is 0 Å². The van der Waals surface area contributed by atoms with Crippen LogP contribution in [0.25, 0.3) is 16.5 Å². The number of amides is 1. The van der Waals surface area contributed by atoms with Crippen LogP contribution < -0.4 is 20.8 Å². The first kappa shape index (κ1) is 26.1. The average Bonchev–Trinajstić information content (AvgIpc) is 2.89. The predicted octanol–water partition coefficient (Wildman–Crippen LogP) is 3.74. The molecule has 9 heteroatoms. The Balaban J connectivity index is 1.45. The molecule has 0 bridgehead atoms. The van der Waals surface area contributed by atoms with Crippen LogP contribution in [0.2, 0.25) is 0 Å². The van der Waals surface area contributed by atoms with Crippen molar-refractivity contribution in [2.45, 2.75) is 19.8 Å². The van der Waals surface area contributed by atoms with Gasteiger partial charge in [0.25, 0.3) is 0 Å². The lowest BCUT2D eigenvalue weighted by atomic mass is 9.98. The molecule has 1 aromatic heterocycles. The second-order valence-corrected chi connectivity index (χ2v) is 9.37. The SMILES string of the molecule is C=C(/C=N\NC)c1cc(Nc2ncc3cc(C)ccc3n2)cc(OCCNC(=O)C2CCCN(C)C2)c1. The molecule has 1 saturated heterocycles. The molecule has 194 valence electrons. The molecule has 4 rings (SSSR count). The lowest BCUT2D eigenvalue weighted by Crippen LogP contribution is -2.42. The summed E-state index contributed by atoms with van der Waals surface area (Å²) < 4.78 is 6.01. The number of fused-ring (bicyclic) bond motifs is 1. The number of nitrogens with one attached hydrogen (secondary N) is 3. The quantitative estimate of drug-likeness (QED) is 0.221. The van der Waals surface area contributed by atoms with Crippen LogP contribution in [0.5, 0.6) is 5.75 Å². The molecule has 1 aliphatic rings. The molecule has 1 amide bonds. The van der Waals surface area contributed by atoms with Gasteiger partial charge in [0.2, 0.25) is 11.9 Å². The Kier molecular flexibility index (Phi) is 8.68. The molecule has 1 unspecified atom stereocenters. The van der Waals surface area contributed by atoms with E-state index >= 15 is 0 Å². The third-order valence-corrected chi connectivity index (χ3v) is 6.28. The first-order chi connectivity index (χ1) is 17.9. The third-order valence-electron chi connectivity index (χ3n) is 6.28. The maximum atomic E-state index is 12.5. The smallest absolute Gasteiger partial charge is 0.227 e. The van der Waals surface area contributed by atoms with E-state index in [-0.39, 0.29) is 11.8 Å². The second kappa shape index (κ2) is 12.3. The van der Waals surface area contributed by atoms with Gasteiger partial charge in [0.05, 0.1) is 24.2 Å². The van der Waals surface area contributed by atoms with Crippen LogP contribution in [0.1, 0.15) is 24.0 Å². The van der Waals surface area contributed by atoms with Crippen molar-refractivity contribution >= 4 is 40.2 Å². The van der Waals surface area contributed by atoms with Gasteiger partial charge in [-0.1, -0.05) is 18.2 Å². The number of allylic oxidation sites excluding steroid dienone is 1. The molecular weight excluding hydrogens is 466 g/mol. The van der Waals surface area contributed by atoms with Crippen LogP contribution in [0.15, 0.2) is 54.3 Å². The van der Waals surface area contributed by atoms with E-state index in [1.165, 1.54) is 0 Å². The number of aryl methyl sites for hydroxylation is 1. The molecule has 2 aromatic carbocycles. The summed E-state index contributed by atoms with van der Waals surface area (Å²) in [4.78, 5) is 23.8. The molecule has 1 atom stereocenters. The van der Waals surface area contributed by atoms with Gasteiger partial charge in [-0.2, -0.15) is 5.10 Å². The summed E-state index contributed by atoms with van der Waals surface area (Å²) in [5, 5.41) is 11.3. The number of rotatable bonds is 10. The minimum Gasteiger partial charge on any atom is -0.492 e. The molecule has 0 saturated carbocycles. The van der Waals surface area contributed by atoms with Crippen molar-refractivity contribution in [3.63, 3.8) is 0 Å². The van der Waals surface area contributed by atoms with E-state index in [9.17, 15) is 4.79 Å². The van der Waals surface area contributed by atoms with Crippen LogP contribution in [-0.2, 0) is 4.79 Å². The molecule has 1 aliphatic heterocycles. The Hall–Kier alpha value is -3.98. The minimum absolute atomic E-state index is 0.0403. The number of hydrogen-bond acceptors (Lipinski definition) is 8. The van der Waals surface area contributed by atoms with Gasteiger partial charge in [0.1, 0.15) is 12.4 Å². The first-order valence-corrected chi connectivity index (χ1v) is 12.5. The number of anilines is 2. The number of hydrazone groups is 1. The van der Waals surface area contributed by atoms with E-state index in [0.29, 0.717) is 30.4 Å². The van der Waals surface area contributed by atoms with Crippen molar-refractivity contribution < 1.29 is 9.53 Å². The van der Waals surface area contributed by atoms with Crippen molar-refractivity contribution in [1.82, 2.24) is 25.6 Å². The van der Waals surface area contributed by atoms with E-state index in [0.717, 1.165) is 53.6 Å². The van der Waals surface area contributed by atoms with E-state index < -0.39 is 0 Å². The lowest BCUT2D eigenvalue weighted by molar-refractivity contribution is -0.126. The maximum absolute atomic E-state index is 12.5. The summed E-state index contributed by atoms with van der Waals surface area (Å²) in [6.07, 6.45) is 5.44. The van der Waals surface area contributed by atoms with Crippen molar-refractivity contribution in [3.05, 3.63) is 60.3 Å². The number of aromatic nitrogens is 2. The molecular formula is C28H35N7O2. The molecule has 3 N–H and O–H groups in total. The van der Waals surface area contributed by atoms with Crippen molar-refractivity contribution in [2.75, 3.05) is 45.7 Å². The Morgan fingerprint density at radius 2 is 2.16 bits per heavy atom. The van der Waals surface area contributed by atoms with Crippen LogP contribution in [0, 0.1) is 12.8 Å². The van der Waals surface area contributed by atoms with Crippen LogP contribution in [-0.4, -0.2) is 67.3 Å². The predicted molar refractivity (Wildman–Crippen MR) is 149 cm³/mol. The average molecular weight is 502 g/mol. The summed E-state index contributed by atoms with van der Waals surface area (Å²) >= 11 is 0. The number of likely N-dealkylation sites (tertiary alicyclic amines) is 1. The number of ether oxygens (including phenoxy) is 1. The summed E-state index contributed by atoms with van der Waals surface area (Å²) in [5.41, 5.74) is 7.07. The zero-order valence-corrected chi connectivity index (χ0v) is 21.8. The highest BCUT2D eigenvalue weighted by Gasteiger charge is 2.23. The summed E-state index contributed by atoms with van der Waals surface area (Å²) in [6.45, 7) is 8.79. The van der Waals surface area contributed by atoms with Crippen molar-refractivity contribution in [2.24, 2.45) is 11.0 Å². The van der Waals surface area contributed by atoms with E-state index in [2.05, 4.69) is 55.7 Å². The molecule has 9 nitrogen and oxygen atoms in total. The number of carbonyl (C=O) groups is 1. The molecule has 2 heterocycles. The summed E-state index contributed by atoms with van der Waals surface area (Å²) in [5.74, 6) is 1.26. The highest BCUT2D eigenvalue weighted by atomic mass is 16.5. The Bertz CT molecular complexity index is 1290. The molecule has 37 heavy (non-hydrogen) atoms.